The van der Waals surface area contributed by atoms with E-state index in [-0.39, 0.29) is 12.0 Å². The minimum atomic E-state index is -0.252. The predicted octanol–water partition coefficient (Wildman–Crippen LogP) is 2.55. The van der Waals surface area contributed by atoms with Crippen molar-refractivity contribution in [1.82, 2.24) is 20.5 Å². The zero-order valence-electron chi connectivity index (χ0n) is 14.4. The first-order chi connectivity index (χ1) is 12.2. The Morgan fingerprint density at radius 1 is 1.20 bits per heavy atom. The second kappa shape index (κ2) is 8.41. The molecule has 0 radical (unpaired) electrons. The maximum Gasteiger partial charge on any atom is 0.271 e. The van der Waals surface area contributed by atoms with E-state index in [0.29, 0.717) is 23.9 Å². The van der Waals surface area contributed by atoms with Crippen LogP contribution >= 0.6 is 0 Å². The molecule has 3 rings (SSSR count). The third-order valence-corrected chi connectivity index (χ3v) is 4.24. The largest absolute Gasteiger partial charge is 0.474 e. The van der Waals surface area contributed by atoms with E-state index >= 15 is 0 Å². The van der Waals surface area contributed by atoms with Crippen molar-refractivity contribution in [2.75, 3.05) is 12.4 Å². The van der Waals surface area contributed by atoms with Crippen LogP contribution in [0.4, 0.5) is 5.82 Å². The first kappa shape index (κ1) is 17.1. The van der Waals surface area contributed by atoms with Gasteiger partial charge in [0, 0.05) is 25.9 Å². The lowest BCUT2D eigenvalue weighted by Crippen LogP contribution is -2.20. The summed E-state index contributed by atoms with van der Waals surface area (Å²) in [5.74, 6) is 1.03. The van der Waals surface area contributed by atoms with Crippen molar-refractivity contribution in [3.05, 3.63) is 41.7 Å². The van der Waals surface area contributed by atoms with Crippen LogP contribution in [-0.2, 0) is 6.54 Å². The van der Waals surface area contributed by atoms with Crippen LogP contribution in [0.3, 0.4) is 0 Å². The van der Waals surface area contributed by atoms with Crippen LogP contribution in [0.25, 0.3) is 0 Å². The number of ether oxygens (including phenoxy) is 1. The lowest BCUT2D eigenvalue weighted by atomic mass is 9.98. The number of aromatic nitrogens is 3. The van der Waals surface area contributed by atoms with E-state index in [2.05, 4.69) is 25.8 Å². The molecule has 1 saturated carbocycles. The number of pyridine rings is 1. The number of amides is 1. The lowest BCUT2D eigenvalue weighted by Gasteiger charge is -2.22. The van der Waals surface area contributed by atoms with Gasteiger partial charge in [0.25, 0.3) is 5.91 Å². The molecule has 2 N–H and O–H groups in total. The molecule has 25 heavy (non-hydrogen) atoms. The molecule has 0 bridgehead atoms. The summed E-state index contributed by atoms with van der Waals surface area (Å²) in [6, 6.07) is 7.26. The molecule has 1 aliphatic rings. The summed E-state index contributed by atoms with van der Waals surface area (Å²) in [6.07, 6.45) is 8.03. The number of rotatable bonds is 6. The summed E-state index contributed by atoms with van der Waals surface area (Å²) < 4.78 is 5.99. The number of nitrogens with one attached hydrogen (secondary N) is 2. The minimum Gasteiger partial charge on any atom is -0.474 e. The highest BCUT2D eigenvalue weighted by Gasteiger charge is 2.15. The van der Waals surface area contributed by atoms with Crippen LogP contribution in [-0.4, -0.2) is 34.2 Å². The molecule has 0 aromatic carbocycles. The van der Waals surface area contributed by atoms with Crippen molar-refractivity contribution in [1.29, 1.82) is 0 Å². The van der Waals surface area contributed by atoms with Crippen molar-refractivity contribution in [2.45, 2.75) is 44.8 Å². The van der Waals surface area contributed by atoms with Gasteiger partial charge in [0.2, 0.25) is 5.88 Å². The summed E-state index contributed by atoms with van der Waals surface area (Å²) in [5.41, 5.74) is 1.35. The molecule has 7 heteroatoms. The van der Waals surface area contributed by atoms with Gasteiger partial charge in [0.15, 0.2) is 5.69 Å². The van der Waals surface area contributed by atoms with Crippen LogP contribution in [0.1, 0.15) is 48.2 Å². The third-order valence-electron chi connectivity index (χ3n) is 4.24. The average molecular weight is 341 g/mol. The summed E-state index contributed by atoms with van der Waals surface area (Å²) in [7, 11) is 1.56. The number of hydrogen-bond acceptors (Lipinski definition) is 6. The Kier molecular flexibility index (Phi) is 5.77. The fourth-order valence-corrected chi connectivity index (χ4v) is 2.85. The summed E-state index contributed by atoms with van der Waals surface area (Å²) >= 11 is 0. The molecule has 0 spiro atoms. The first-order valence-electron chi connectivity index (χ1n) is 8.66. The van der Waals surface area contributed by atoms with Gasteiger partial charge in [-0.3, -0.25) is 4.79 Å². The molecule has 0 atom stereocenters. The van der Waals surface area contributed by atoms with Crippen molar-refractivity contribution < 1.29 is 9.53 Å². The second-order valence-electron chi connectivity index (χ2n) is 6.12. The molecule has 0 aliphatic heterocycles. The van der Waals surface area contributed by atoms with E-state index in [9.17, 15) is 4.79 Å². The number of anilines is 1. The molecular weight excluding hydrogens is 318 g/mol. The lowest BCUT2D eigenvalue weighted by molar-refractivity contribution is 0.0957. The number of hydrogen-bond donors (Lipinski definition) is 2. The van der Waals surface area contributed by atoms with Crippen LogP contribution in [0.2, 0.25) is 0 Å². The van der Waals surface area contributed by atoms with Crippen molar-refractivity contribution >= 4 is 11.7 Å². The van der Waals surface area contributed by atoms with Gasteiger partial charge in [-0.25, -0.2) is 4.98 Å². The Labute approximate surface area is 147 Å². The summed E-state index contributed by atoms with van der Waals surface area (Å²) in [6.45, 7) is 0.581. The molecule has 0 unspecified atom stereocenters. The molecule has 2 aromatic heterocycles. The van der Waals surface area contributed by atoms with Crippen LogP contribution in [0, 0.1) is 0 Å². The average Bonchev–Trinajstić information content (AvgIpc) is 2.67. The standard InChI is InChI=1S/C18H23N5O2/c1-19-18(24)15-7-8-16(23-22-15)21-12-13-9-10-20-17(11-13)25-14-5-3-2-4-6-14/h7-11,14H,2-6,12H2,1H3,(H,19,24)(H,21,23). The summed E-state index contributed by atoms with van der Waals surface area (Å²) in [4.78, 5) is 15.8. The highest BCUT2D eigenvalue weighted by molar-refractivity contribution is 5.91. The Balaban J connectivity index is 1.55. The molecule has 1 fully saturated rings. The van der Waals surface area contributed by atoms with Gasteiger partial charge < -0.3 is 15.4 Å². The van der Waals surface area contributed by atoms with Gasteiger partial charge in [0.05, 0.1) is 0 Å². The van der Waals surface area contributed by atoms with E-state index < -0.39 is 0 Å². The SMILES string of the molecule is CNC(=O)c1ccc(NCc2ccnc(OC3CCCCC3)c2)nn1. The molecule has 1 amide bonds. The predicted molar refractivity (Wildman–Crippen MR) is 94.5 cm³/mol. The smallest absolute Gasteiger partial charge is 0.271 e. The molecule has 132 valence electrons. The Bertz CT molecular complexity index is 699. The normalized spacial score (nSPS) is 14.8. The van der Waals surface area contributed by atoms with E-state index in [0.717, 1.165) is 18.4 Å². The zero-order valence-corrected chi connectivity index (χ0v) is 14.4. The minimum absolute atomic E-state index is 0.252. The van der Waals surface area contributed by atoms with Gasteiger partial charge >= 0.3 is 0 Å². The molecular formula is C18H23N5O2. The Morgan fingerprint density at radius 3 is 2.76 bits per heavy atom. The maximum atomic E-state index is 11.5. The quantitative estimate of drug-likeness (QED) is 0.839. The number of carbonyl (C=O) groups excluding carboxylic acids is 1. The third kappa shape index (κ3) is 4.89. The van der Waals surface area contributed by atoms with Gasteiger partial charge in [0.1, 0.15) is 11.9 Å². The topological polar surface area (TPSA) is 89.0 Å². The van der Waals surface area contributed by atoms with E-state index in [4.69, 9.17) is 4.74 Å². The Hall–Kier alpha value is -2.70. The van der Waals surface area contributed by atoms with Crippen molar-refractivity contribution in [2.24, 2.45) is 0 Å². The monoisotopic (exact) mass is 341 g/mol. The zero-order chi connectivity index (χ0) is 17.5. The summed E-state index contributed by atoms with van der Waals surface area (Å²) in [5, 5.41) is 13.6. The van der Waals surface area contributed by atoms with Gasteiger partial charge in [-0.2, -0.15) is 0 Å². The molecule has 2 heterocycles. The van der Waals surface area contributed by atoms with Crippen molar-refractivity contribution in [3.63, 3.8) is 0 Å². The fourth-order valence-electron chi connectivity index (χ4n) is 2.85. The van der Waals surface area contributed by atoms with Gasteiger partial charge in [-0.15, -0.1) is 10.2 Å². The number of carbonyl (C=O) groups is 1. The van der Waals surface area contributed by atoms with Crippen LogP contribution < -0.4 is 15.4 Å². The molecule has 7 nitrogen and oxygen atoms in total. The number of nitrogens with zero attached hydrogens (tertiary/aromatic N) is 3. The van der Waals surface area contributed by atoms with Gasteiger partial charge in [-0.05, 0) is 49.4 Å². The van der Waals surface area contributed by atoms with E-state index in [1.165, 1.54) is 19.3 Å². The molecule has 0 saturated heterocycles. The van der Waals surface area contributed by atoms with Crippen LogP contribution in [0.15, 0.2) is 30.5 Å². The highest BCUT2D eigenvalue weighted by Crippen LogP contribution is 2.22. The molecule has 2 aromatic rings. The van der Waals surface area contributed by atoms with Gasteiger partial charge in [-0.1, -0.05) is 6.42 Å². The Morgan fingerprint density at radius 2 is 2.04 bits per heavy atom. The van der Waals surface area contributed by atoms with E-state index in [1.54, 1.807) is 25.4 Å². The second-order valence-corrected chi connectivity index (χ2v) is 6.12. The molecule has 1 aliphatic carbocycles. The van der Waals surface area contributed by atoms with Crippen LogP contribution in [0.5, 0.6) is 5.88 Å². The maximum absolute atomic E-state index is 11.5. The first-order valence-corrected chi connectivity index (χ1v) is 8.66. The van der Waals surface area contributed by atoms with Crippen molar-refractivity contribution in [3.8, 4) is 5.88 Å². The van der Waals surface area contributed by atoms with E-state index in [1.807, 2.05) is 12.1 Å². The highest BCUT2D eigenvalue weighted by atomic mass is 16.5. The fraction of sp³-hybridized carbons (Fsp3) is 0.444.